The van der Waals surface area contributed by atoms with Crippen LogP contribution in [0.15, 0.2) is 36.5 Å². The van der Waals surface area contributed by atoms with E-state index in [-0.39, 0.29) is 17.7 Å². The number of carbonyl (C=O) groups excluding carboxylic acids is 1. The van der Waals surface area contributed by atoms with Crippen molar-refractivity contribution in [2.24, 2.45) is 0 Å². The van der Waals surface area contributed by atoms with Crippen LogP contribution in [0.1, 0.15) is 36.1 Å². The molecule has 1 aromatic heterocycles. The molecule has 5 heteroatoms. The first-order valence-corrected chi connectivity index (χ1v) is 8.27. The van der Waals surface area contributed by atoms with Crippen molar-refractivity contribution in [1.29, 1.82) is 0 Å². The van der Waals surface area contributed by atoms with Crippen LogP contribution in [0.4, 0.5) is 4.79 Å². The molecule has 0 saturated heterocycles. The molecule has 1 saturated carbocycles. The van der Waals surface area contributed by atoms with Crippen LogP contribution in [-0.4, -0.2) is 27.9 Å². The van der Waals surface area contributed by atoms with Crippen LogP contribution in [0.25, 0.3) is 0 Å². The Balaban J connectivity index is 1.32. The van der Waals surface area contributed by atoms with Crippen molar-refractivity contribution in [2.75, 3.05) is 0 Å². The summed E-state index contributed by atoms with van der Waals surface area (Å²) in [7, 11) is 0. The van der Waals surface area contributed by atoms with Gasteiger partial charge in [-0.05, 0) is 43.2 Å². The summed E-state index contributed by atoms with van der Waals surface area (Å²) in [6, 6.07) is 10.4. The van der Waals surface area contributed by atoms with E-state index in [1.165, 1.54) is 16.8 Å². The summed E-state index contributed by atoms with van der Waals surface area (Å²) < 4.78 is 5.75. The molecule has 1 atom stereocenters. The van der Waals surface area contributed by atoms with Gasteiger partial charge in [0.2, 0.25) is 0 Å². The molecule has 1 unspecified atom stereocenters. The lowest BCUT2D eigenvalue weighted by atomic mass is 9.94. The molecular weight excluding hydrogens is 290 g/mol. The molecule has 1 amide bonds. The number of rotatable bonds is 4. The Morgan fingerprint density at radius 3 is 2.96 bits per heavy atom. The van der Waals surface area contributed by atoms with Gasteiger partial charge in [0.15, 0.2) is 0 Å². The number of H-pyrrole nitrogens is 1. The van der Waals surface area contributed by atoms with Crippen molar-refractivity contribution in [3.05, 3.63) is 53.3 Å². The Bertz CT molecular complexity index is 691. The zero-order chi connectivity index (χ0) is 15.7. The van der Waals surface area contributed by atoms with E-state index in [0.717, 1.165) is 38.5 Å². The Hall–Kier alpha value is -2.30. The predicted octanol–water partition coefficient (Wildman–Crippen LogP) is 2.77. The van der Waals surface area contributed by atoms with E-state index in [1.54, 1.807) is 0 Å². The SMILES string of the molecule is O=C(NC1CCc2[nH]ncc2C1)OC1(Cc2ccccc2)CC1. The first kappa shape index (κ1) is 14.3. The van der Waals surface area contributed by atoms with Gasteiger partial charge < -0.3 is 10.1 Å². The third kappa shape index (κ3) is 3.23. The number of hydrogen-bond donors (Lipinski definition) is 2. The molecule has 4 rings (SSSR count). The highest BCUT2D eigenvalue weighted by Gasteiger charge is 2.47. The van der Waals surface area contributed by atoms with Gasteiger partial charge in [-0.1, -0.05) is 30.3 Å². The molecule has 1 fully saturated rings. The fraction of sp³-hybridized carbons (Fsp3) is 0.444. The molecule has 2 aromatic rings. The van der Waals surface area contributed by atoms with Crippen molar-refractivity contribution in [3.8, 4) is 0 Å². The highest BCUT2D eigenvalue weighted by atomic mass is 16.6. The predicted molar refractivity (Wildman–Crippen MR) is 86.1 cm³/mol. The number of aryl methyl sites for hydroxylation is 1. The van der Waals surface area contributed by atoms with E-state index in [2.05, 4.69) is 27.6 Å². The minimum Gasteiger partial charge on any atom is -0.443 e. The van der Waals surface area contributed by atoms with Crippen molar-refractivity contribution in [1.82, 2.24) is 15.5 Å². The minimum atomic E-state index is -0.291. The number of benzene rings is 1. The maximum Gasteiger partial charge on any atom is 0.407 e. The Labute approximate surface area is 135 Å². The Morgan fingerprint density at radius 1 is 1.35 bits per heavy atom. The van der Waals surface area contributed by atoms with Gasteiger partial charge in [-0.25, -0.2) is 4.79 Å². The average molecular weight is 311 g/mol. The minimum absolute atomic E-state index is 0.139. The molecule has 2 aliphatic rings. The van der Waals surface area contributed by atoms with E-state index < -0.39 is 0 Å². The van der Waals surface area contributed by atoms with Gasteiger partial charge in [0.1, 0.15) is 5.60 Å². The van der Waals surface area contributed by atoms with Crippen LogP contribution in [0.2, 0.25) is 0 Å². The van der Waals surface area contributed by atoms with Crippen LogP contribution in [0.5, 0.6) is 0 Å². The van der Waals surface area contributed by atoms with Crippen LogP contribution in [0.3, 0.4) is 0 Å². The summed E-state index contributed by atoms with van der Waals surface area (Å²) in [6.07, 6.45) is 6.95. The quantitative estimate of drug-likeness (QED) is 0.912. The molecule has 5 nitrogen and oxygen atoms in total. The molecule has 2 aliphatic carbocycles. The number of aromatic amines is 1. The van der Waals surface area contributed by atoms with Gasteiger partial charge >= 0.3 is 6.09 Å². The number of alkyl carbamates (subject to hydrolysis) is 1. The lowest BCUT2D eigenvalue weighted by molar-refractivity contribution is 0.0793. The molecule has 0 bridgehead atoms. The first-order chi connectivity index (χ1) is 11.2. The molecular formula is C18H21N3O2. The van der Waals surface area contributed by atoms with Crippen LogP contribution in [-0.2, 0) is 24.0 Å². The zero-order valence-corrected chi connectivity index (χ0v) is 13.0. The fourth-order valence-electron chi connectivity index (χ4n) is 3.35. The molecule has 23 heavy (non-hydrogen) atoms. The lowest BCUT2D eigenvalue weighted by Crippen LogP contribution is -2.41. The zero-order valence-electron chi connectivity index (χ0n) is 13.0. The Kier molecular flexibility index (Phi) is 3.56. The second-order valence-corrected chi connectivity index (χ2v) is 6.69. The van der Waals surface area contributed by atoms with Crippen molar-refractivity contribution < 1.29 is 9.53 Å². The maximum atomic E-state index is 12.3. The van der Waals surface area contributed by atoms with Gasteiger partial charge in [-0.3, -0.25) is 5.10 Å². The van der Waals surface area contributed by atoms with Crippen molar-refractivity contribution in [3.63, 3.8) is 0 Å². The first-order valence-electron chi connectivity index (χ1n) is 8.27. The molecule has 0 spiro atoms. The van der Waals surface area contributed by atoms with E-state index in [4.69, 9.17) is 4.74 Å². The van der Waals surface area contributed by atoms with Crippen LogP contribution >= 0.6 is 0 Å². The number of carbonyl (C=O) groups is 1. The molecule has 120 valence electrons. The van der Waals surface area contributed by atoms with Crippen LogP contribution < -0.4 is 5.32 Å². The summed E-state index contributed by atoms with van der Waals surface area (Å²) >= 11 is 0. The summed E-state index contributed by atoms with van der Waals surface area (Å²) in [5.74, 6) is 0. The lowest BCUT2D eigenvalue weighted by Gasteiger charge is -2.24. The number of aromatic nitrogens is 2. The van der Waals surface area contributed by atoms with E-state index >= 15 is 0 Å². The highest BCUT2D eigenvalue weighted by molar-refractivity contribution is 5.68. The number of fused-ring (bicyclic) bond motifs is 1. The van der Waals surface area contributed by atoms with Gasteiger partial charge in [0, 0.05) is 18.2 Å². The molecule has 0 radical (unpaired) electrons. The Morgan fingerprint density at radius 2 is 2.17 bits per heavy atom. The molecule has 2 N–H and O–H groups in total. The third-order valence-electron chi connectivity index (χ3n) is 4.82. The number of nitrogens with one attached hydrogen (secondary N) is 2. The number of hydrogen-bond acceptors (Lipinski definition) is 3. The summed E-state index contributed by atoms with van der Waals surface area (Å²) in [5, 5.41) is 10.1. The van der Waals surface area contributed by atoms with Crippen LogP contribution in [0, 0.1) is 0 Å². The molecule has 1 heterocycles. The maximum absolute atomic E-state index is 12.3. The third-order valence-corrected chi connectivity index (χ3v) is 4.82. The number of nitrogens with zero attached hydrogens (tertiary/aromatic N) is 1. The fourth-order valence-corrected chi connectivity index (χ4v) is 3.35. The topological polar surface area (TPSA) is 67.0 Å². The van der Waals surface area contributed by atoms with Gasteiger partial charge in [0.05, 0.1) is 6.20 Å². The normalized spacial score (nSPS) is 21.3. The van der Waals surface area contributed by atoms with E-state index in [1.807, 2.05) is 24.4 Å². The molecule has 1 aromatic carbocycles. The van der Waals surface area contributed by atoms with Gasteiger partial charge in [-0.15, -0.1) is 0 Å². The number of ether oxygens (including phenoxy) is 1. The van der Waals surface area contributed by atoms with E-state index in [0.29, 0.717) is 0 Å². The molecule has 0 aliphatic heterocycles. The summed E-state index contributed by atoms with van der Waals surface area (Å²) in [6.45, 7) is 0. The monoisotopic (exact) mass is 311 g/mol. The van der Waals surface area contributed by atoms with Crippen molar-refractivity contribution in [2.45, 2.75) is 50.2 Å². The largest absolute Gasteiger partial charge is 0.443 e. The summed E-state index contributed by atoms with van der Waals surface area (Å²) in [4.78, 5) is 12.3. The standard InChI is InChI=1S/C18H21N3O2/c22-17(20-15-6-7-16-14(10-15)12-19-21-16)23-18(8-9-18)11-13-4-2-1-3-5-13/h1-5,12,15H,6-11H2,(H,19,21)(H,20,22). The number of amides is 1. The second kappa shape index (κ2) is 5.72. The van der Waals surface area contributed by atoms with Gasteiger partial charge in [-0.2, -0.15) is 5.10 Å². The second-order valence-electron chi connectivity index (χ2n) is 6.69. The van der Waals surface area contributed by atoms with E-state index in [9.17, 15) is 4.79 Å². The highest BCUT2D eigenvalue weighted by Crippen LogP contribution is 2.42. The smallest absolute Gasteiger partial charge is 0.407 e. The summed E-state index contributed by atoms with van der Waals surface area (Å²) in [5.41, 5.74) is 3.32. The van der Waals surface area contributed by atoms with Gasteiger partial charge in [0.25, 0.3) is 0 Å². The van der Waals surface area contributed by atoms with Crippen molar-refractivity contribution >= 4 is 6.09 Å². The average Bonchev–Trinajstić information content (AvgIpc) is 3.12.